The maximum absolute atomic E-state index is 13.6. The number of carbonyl (C=O) groups excluding carboxylic acids is 1. The second-order valence-electron chi connectivity index (χ2n) is 7.38. The molecule has 6 nitrogen and oxygen atoms in total. The summed E-state index contributed by atoms with van der Waals surface area (Å²) >= 11 is 1.19. The molecule has 30 heavy (non-hydrogen) atoms. The first kappa shape index (κ1) is 18.7. The lowest BCUT2D eigenvalue weighted by atomic mass is 9.81. The number of methoxy groups -OCH3 is 1. The van der Waals surface area contributed by atoms with Gasteiger partial charge in [0.2, 0.25) is 5.72 Å². The average molecular weight is 424 g/mol. The van der Waals surface area contributed by atoms with Crippen molar-refractivity contribution in [1.82, 2.24) is 4.57 Å². The summed E-state index contributed by atoms with van der Waals surface area (Å²) < 4.78 is 26.7. The minimum Gasteiger partial charge on any atom is -0.469 e. The van der Waals surface area contributed by atoms with E-state index >= 15 is 0 Å². The second-order valence-corrected chi connectivity index (χ2v) is 8.38. The third-order valence-corrected chi connectivity index (χ3v) is 6.46. The molecule has 152 valence electrons. The van der Waals surface area contributed by atoms with Crippen molar-refractivity contribution in [2.24, 2.45) is 10.9 Å². The molecule has 8 heteroatoms. The molecule has 0 saturated carbocycles. The third kappa shape index (κ3) is 2.71. The van der Waals surface area contributed by atoms with Gasteiger partial charge in [0.1, 0.15) is 17.5 Å². The fourth-order valence-corrected chi connectivity index (χ4v) is 5.28. The molecule has 0 fully saturated rings. The van der Waals surface area contributed by atoms with Gasteiger partial charge in [-0.3, -0.25) is 14.2 Å². The molecule has 5 rings (SSSR count). The number of ether oxygens (including phenoxy) is 2. The Morgan fingerprint density at radius 2 is 2.10 bits per heavy atom. The van der Waals surface area contributed by atoms with Crippen LogP contribution in [0.25, 0.3) is 6.08 Å². The maximum atomic E-state index is 13.6. The summed E-state index contributed by atoms with van der Waals surface area (Å²) in [6, 6.07) is 12.7. The van der Waals surface area contributed by atoms with Gasteiger partial charge in [0.15, 0.2) is 4.80 Å². The standard InChI is InChI=1S/C22H17FN2O4S/c1-22-17(20(27)28-2)18(14-8-3-4-9-15(14)29-22)25-19(26)16(30-21(25)24-22)11-12-6-5-7-13(23)10-12/h3-11,17-18H,1-2H3/b16-11-/t17?,18?,22-/m0/s1. The number of aromatic nitrogens is 1. The molecule has 2 aliphatic rings. The number of thiazole rings is 1. The summed E-state index contributed by atoms with van der Waals surface area (Å²) in [6.07, 6.45) is 1.63. The minimum atomic E-state index is -1.21. The Morgan fingerprint density at radius 1 is 1.30 bits per heavy atom. The molecule has 3 aromatic rings. The SMILES string of the molecule is COC(=O)C1C2c3ccccc3O[C@]1(C)N=c1s/c(=C\c3cccc(F)c3)c(=O)n12. The zero-order chi connectivity index (χ0) is 21.0. The van der Waals surface area contributed by atoms with Gasteiger partial charge in [-0.15, -0.1) is 0 Å². The molecule has 2 aliphatic heterocycles. The Balaban J connectivity index is 1.80. The lowest BCUT2D eigenvalue weighted by molar-refractivity contribution is -0.158. The maximum Gasteiger partial charge on any atom is 0.317 e. The highest BCUT2D eigenvalue weighted by atomic mass is 32.1. The first-order valence-corrected chi connectivity index (χ1v) is 10.2. The number of fused-ring (bicyclic) bond motifs is 6. The Kier molecular flexibility index (Phi) is 4.14. The van der Waals surface area contributed by atoms with Crippen molar-refractivity contribution in [1.29, 1.82) is 0 Å². The molecule has 0 N–H and O–H groups in total. The van der Waals surface area contributed by atoms with Crippen molar-refractivity contribution in [3.05, 3.63) is 85.2 Å². The lowest BCUT2D eigenvalue weighted by Gasteiger charge is -2.44. The van der Waals surface area contributed by atoms with E-state index in [0.717, 1.165) is 5.56 Å². The highest BCUT2D eigenvalue weighted by Crippen LogP contribution is 2.47. The zero-order valence-corrected chi connectivity index (χ0v) is 17.0. The first-order valence-electron chi connectivity index (χ1n) is 9.35. The van der Waals surface area contributed by atoms with Crippen LogP contribution in [0.15, 0.2) is 58.3 Å². The molecule has 0 aliphatic carbocycles. The third-order valence-electron chi connectivity index (χ3n) is 5.48. The molecule has 0 saturated heterocycles. The predicted octanol–water partition coefficient (Wildman–Crippen LogP) is 2.00. The monoisotopic (exact) mass is 424 g/mol. The number of esters is 1. The second kappa shape index (κ2) is 6.63. The Morgan fingerprint density at radius 3 is 2.87 bits per heavy atom. The van der Waals surface area contributed by atoms with Crippen LogP contribution in [-0.2, 0) is 9.53 Å². The molecular formula is C22H17FN2O4S. The van der Waals surface area contributed by atoms with E-state index in [4.69, 9.17) is 9.47 Å². The van der Waals surface area contributed by atoms with Crippen molar-refractivity contribution in [3.63, 3.8) is 0 Å². The van der Waals surface area contributed by atoms with E-state index in [2.05, 4.69) is 4.99 Å². The Labute approximate surface area is 174 Å². The summed E-state index contributed by atoms with van der Waals surface area (Å²) in [4.78, 5) is 31.2. The number of carbonyl (C=O) groups is 1. The van der Waals surface area contributed by atoms with Crippen molar-refractivity contribution >= 4 is 23.4 Å². The highest BCUT2D eigenvalue weighted by molar-refractivity contribution is 7.07. The van der Waals surface area contributed by atoms with Crippen LogP contribution in [0.1, 0.15) is 24.1 Å². The fraction of sp³-hybridized carbons (Fsp3) is 0.227. The van der Waals surface area contributed by atoms with E-state index in [0.29, 0.717) is 20.6 Å². The Bertz CT molecular complexity index is 1360. The number of halogens is 1. The van der Waals surface area contributed by atoms with Crippen LogP contribution in [0.5, 0.6) is 5.75 Å². The smallest absolute Gasteiger partial charge is 0.317 e. The first-order chi connectivity index (χ1) is 14.4. The number of hydrogen-bond donors (Lipinski definition) is 0. The quantitative estimate of drug-likeness (QED) is 0.590. The number of rotatable bonds is 2. The van der Waals surface area contributed by atoms with Gasteiger partial charge in [-0.05, 0) is 36.8 Å². The van der Waals surface area contributed by atoms with Crippen LogP contribution >= 0.6 is 11.3 Å². The Hall–Kier alpha value is -3.26. The number of nitrogens with zero attached hydrogens (tertiary/aromatic N) is 2. The van der Waals surface area contributed by atoms with E-state index in [1.54, 1.807) is 31.2 Å². The normalized spacial score (nSPS) is 24.3. The van der Waals surface area contributed by atoms with Gasteiger partial charge in [0.25, 0.3) is 5.56 Å². The molecule has 0 spiro atoms. The topological polar surface area (TPSA) is 69.9 Å². The van der Waals surface area contributed by atoms with Gasteiger partial charge in [-0.1, -0.05) is 41.7 Å². The molecule has 3 heterocycles. The molecule has 1 aromatic heterocycles. The molecule has 2 unspecified atom stereocenters. The van der Waals surface area contributed by atoms with Crippen molar-refractivity contribution in [3.8, 4) is 5.75 Å². The summed E-state index contributed by atoms with van der Waals surface area (Å²) in [5.41, 5.74) is -0.208. The van der Waals surface area contributed by atoms with E-state index in [-0.39, 0.29) is 11.4 Å². The average Bonchev–Trinajstić information content (AvgIpc) is 3.00. The van der Waals surface area contributed by atoms with Gasteiger partial charge in [0.05, 0.1) is 17.7 Å². The van der Waals surface area contributed by atoms with Crippen LogP contribution in [0.3, 0.4) is 0 Å². The van der Waals surface area contributed by atoms with Crippen LogP contribution in [0.2, 0.25) is 0 Å². The van der Waals surface area contributed by atoms with Gasteiger partial charge >= 0.3 is 5.97 Å². The van der Waals surface area contributed by atoms with Gasteiger partial charge in [-0.25, -0.2) is 9.38 Å². The number of para-hydroxylation sites is 1. The summed E-state index contributed by atoms with van der Waals surface area (Å²) in [5, 5.41) is 0. The van der Waals surface area contributed by atoms with E-state index < -0.39 is 23.7 Å². The van der Waals surface area contributed by atoms with Crippen LogP contribution in [0.4, 0.5) is 4.39 Å². The molecular weight excluding hydrogens is 407 g/mol. The summed E-state index contributed by atoms with van der Waals surface area (Å²) in [5.74, 6) is -1.13. The summed E-state index contributed by atoms with van der Waals surface area (Å²) in [6.45, 7) is 1.72. The zero-order valence-electron chi connectivity index (χ0n) is 16.2. The molecule has 2 bridgehead atoms. The molecule has 0 radical (unpaired) electrons. The largest absolute Gasteiger partial charge is 0.469 e. The molecule has 3 atom stereocenters. The van der Waals surface area contributed by atoms with Crippen molar-refractivity contribution in [2.75, 3.05) is 7.11 Å². The van der Waals surface area contributed by atoms with E-state index in [1.807, 2.05) is 18.2 Å². The van der Waals surface area contributed by atoms with Crippen molar-refractivity contribution < 1.29 is 18.7 Å². The fourth-order valence-electron chi connectivity index (χ4n) is 4.18. The van der Waals surface area contributed by atoms with Crippen LogP contribution < -0.4 is 19.6 Å². The molecule has 2 aromatic carbocycles. The van der Waals surface area contributed by atoms with Crippen LogP contribution in [0, 0.1) is 11.7 Å². The summed E-state index contributed by atoms with van der Waals surface area (Å²) in [7, 11) is 1.31. The van der Waals surface area contributed by atoms with Gasteiger partial charge < -0.3 is 9.47 Å². The number of benzene rings is 2. The highest BCUT2D eigenvalue weighted by Gasteiger charge is 2.55. The predicted molar refractivity (Wildman–Crippen MR) is 108 cm³/mol. The van der Waals surface area contributed by atoms with Gasteiger partial charge in [-0.2, -0.15) is 0 Å². The number of hydrogen-bond acceptors (Lipinski definition) is 6. The molecule has 0 amide bonds. The lowest BCUT2D eigenvalue weighted by Crippen LogP contribution is -2.58. The van der Waals surface area contributed by atoms with E-state index in [1.165, 1.54) is 35.1 Å². The minimum absolute atomic E-state index is 0.291. The van der Waals surface area contributed by atoms with E-state index in [9.17, 15) is 14.0 Å². The van der Waals surface area contributed by atoms with Crippen LogP contribution in [-0.4, -0.2) is 23.4 Å². The van der Waals surface area contributed by atoms with Crippen molar-refractivity contribution in [2.45, 2.75) is 18.7 Å². The van der Waals surface area contributed by atoms with Gasteiger partial charge in [0, 0.05) is 5.56 Å².